The summed E-state index contributed by atoms with van der Waals surface area (Å²) in [5.41, 5.74) is 0.792. The molecule has 4 nitrogen and oxygen atoms in total. The summed E-state index contributed by atoms with van der Waals surface area (Å²) in [6, 6.07) is 7.95. The molecule has 0 spiro atoms. The average Bonchev–Trinajstić information content (AvgIpc) is 2.42. The van der Waals surface area contributed by atoms with E-state index in [-0.39, 0.29) is 13.0 Å². The molecule has 0 aromatic heterocycles. The quantitative estimate of drug-likeness (QED) is 0.836. The van der Waals surface area contributed by atoms with Crippen molar-refractivity contribution in [2.75, 3.05) is 0 Å². The summed E-state index contributed by atoms with van der Waals surface area (Å²) in [6.07, 6.45) is -5.43. The Kier molecular flexibility index (Phi) is 6.21. The number of alkyl halides is 2. The lowest BCUT2D eigenvalue weighted by molar-refractivity contribution is -0.0264. The molecule has 0 saturated heterocycles. The smallest absolute Gasteiger partial charge is 0.407 e. The molecule has 19 heavy (non-hydrogen) atoms. The van der Waals surface area contributed by atoms with Crippen LogP contribution < -0.4 is 5.32 Å². The number of benzene rings is 1. The van der Waals surface area contributed by atoms with Crippen molar-refractivity contribution in [2.24, 2.45) is 0 Å². The second-order valence-corrected chi connectivity index (χ2v) is 4.05. The number of amides is 1. The Bertz CT molecular complexity index is 387. The molecule has 0 aliphatic rings. The first kappa shape index (κ1) is 15.4. The highest BCUT2D eigenvalue weighted by molar-refractivity contribution is 5.67. The maximum atomic E-state index is 12.3. The zero-order chi connectivity index (χ0) is 14.3. The number of aliphatic hydroxyl groups is 1. The third-order valence-corrected chi connectivity index (χ3v) is 2.63. The van der Waals surface area contributed by atoms with E-state index in [4.69, 9.17) is 4.74 Å². The highest BCUT2D eigenvalue weighted by atomic mass is 19.3. The summed E-state index contributed by atoms with van der Waals surface area (Å²) < 4.78 is 29.5. The third-order valence-electron chi connectivity index (χ3n) is 2.63. The van der Waals surface area contributed by atoms with Crippen molar-refractivity contribution in [3.8, 4) is 0 Å². The average molecular weight is 273 g/mol. The van der Waals surface area contributed by atoms with Gasteiger partial charge in [-0.2, -0.15) is 0 Å². The third kappa shape index (κ3) is 5.21. The minimum absolute atomic E-state index is 0.0495. The zero-order valence-electron chi connectivity index (χ0n) is 10.6. The maximum absolute atomic E-state index is 12.3. The Morgan fingerprint density at radius 3 is 2.53 bits per heavy atom. The van der Waals surface area contributed by atoms with E-state index in [2.05, 4.69) is 5.32 Å². The summed E-state index contributed by atoms with van der Waals surface area (Å²) in [5.74, 6) is 0. The second kappa shape index (κ2) is 7.68. The molecule has 2 unspecified atom stereocenters. The fraction of sp³-hybridized carbons (Fsp3) is 0.462. The van der Waals surface area contributed by atoms with Crippen LogP contribution in [0.1, 0.15) is 18.9 Å². The van der Waals surface area contributed by atoms with Crippen LogP contribution >= 0.6 is 0 Å². The number of rotatable bonds is 6. The molecule has 1 rings (SSSR count). The highest BCUT2D eigenvalue weighted by Crippen LogP contribution is 2.09. The Morgan fingerprint density at radius 1 is 1.37 bits per heavy atom. The fourth-order valence-corrected chi connectivity index (χ4v) is 1.52. The number of nitrogens with one attached hydrogen (secondary N) is 1. The van der Waals surface area contributed by atoms with Crippen molar-refractivity contribution in [1.82, 2.24) is 5.32 Å². The number of hydrogen-bond donors (Lipinski definition) is 2. The molecule has 1 amide bonds. The van der Waals surface area contributed by atoms with E-state index in [1.165, 1.54) is 0 Å². The van der Waals surface area contributed by atoms with Crippen molar-refractivity contribution in [2.45, 2.75) is 38.5 Å². The topological polar surface area (TPSA) is 58.6 Å². The number of aliphatic hydroxyl groups excluding tert-OH is 1. The van der Waals surface area contributed by atoms with E-state index in [9.17, 15) is 18.7 Å². The molecular formula is C13H17F2NO3. The first-order valence-electron chi connectivity index (χ1n) is 5.98. The molecule has 0 aliphatic carbocycles. The largest absolute Gasteiger partial charge is 0.445 e. The van der Waals surface area contributed by atoms with Crippen LogP contribution in [-0.4, -0.2) is 29.8 Å². The second-order valence-electron chi connectivity index (χ2n) is 4.05. The van der Waals surface area contributed by atoms with Crippen molar-refractivity contribution < 1.29 is 23.4 Å². The first-order valence-corrected chi connectivity index (χ1v) is 5.98. The summed E-state index contributed by atoms with van der Waals surface area (Å²) in [7, 11) is 0. The number of ether oxygens (including phenoxy) is 1. The van der Waals surface area contributed by atoms with E-state index >= 15 is 0 Å². The molecule has 1 aromatic carbocycles. The Balaban J connectivity index is 2.41. The van der Waals surface area contributed by atoms with Gasteiger partial charge in [0, 0.05) is 0 Å². The predicted octanol–water partition coefficient (Wildman–Crippen LogP) is 2.32. The summed E-state index contributed by atoms with van der Waals surface area (Å²) in [4.78, 5) is 11.4. The molecule has 0 fully saturated rings. The van der Waals surface area contributed by atoms with Crippen molar-refractivity contribution in [3.63, 3.8) is 0 Å². The molecule has 2 atom stereocenters. The van der Waals surface area contributed by atoms with Crippen LogP contribution in [0.4, 0.5) is 13.6 Å². The van der Waals surface area contributed by atoms with Crippen molar-refractivity contribution in [3.05, 3.63) is 35.9 Å². The van der Waals surface area contributed by atoms with Gasteiger partial charge in [-0.25, -0.2) is 13.6 Å². The van der Waals surface area contributed by atoms with Crippen LogP contribution in [-0.2, 0) is 11.3 Å². The number of halogens is 2. The maximum Gasteiger partial charge on any atom is 0.407 e. The number of carbonyl (C=O) groups is 1. The number of carbonyl (C=O) groups excluding carboxylic acids is 1. The molecule has 106 valence electrons. The molecule has 0 bridgehead atoms. The number of alkyl carbamates (subject to hydrolysis) is 1. The van der Waals surface area contributed by atoms with Gasteiger partial charge in [0.05, 0.1) is 6.04 Å². The van der Waals surface area contributed by atoms with Gasteiger partial charge in [0.25, 0.3) is 6.43 Å². The summed E-state index contributed by atoms with van der Waals surface area (Å²) >= 11 is 0. The predicted molar refractivity (Wildman–Crippen MR) is 65.9 cm³/mol. The lowest BCUT2D eigenvalue weighted by Crippen LogP contribution is -2.46. The van der Waals surface area contributed by atoms with Gasteiger partial charge >= 0.3 is 6.09 Å². The Morgan fingerprint density at radius 2 is 2.00 bits per heavy atom. The highest BCUT2D eigenvalue weighted by Gasteiger charge is 2.27. The first-order chi connectivity index (χ1) is 9.04. The summed E-state index contributed by atoms with van der Waals surface area (Å²) in [5, 5.41) is 11.4. The SMILES string of the molecule is CCC(NC(=O)OCc1ccccc1)C(O)C(F)F. The monoisotopic (exact) mass is 273 g/mol. The van der Waals surface area contributed by atoms with Crippen LogP contribution in [0.25, 0.3) is 0 Å². The molecule has 1 aromatic rings. The van der Waals surface area contributed by atoms with Gasteiger partial charge in [0.15, 0.2) is 0 Å². The molecule has 2 N–H and O–H groups in total. The van der Waals surface area contributed by atoms with E-state index < -0.39 is 24.7 Å². The van der Waals surface area contributed by atoms with E-state index in [1.807, 2.05) is 6.07 Å². The van der Waals surface area contributed by atoms with Crippen LogP contribution in [0.3, 0.4) is 0 Å². The van der Waals surface area contributed by atoms with Gasteiger partial charge in [-0.15, -0.1) is 0 Å². The molecule has 0 aliphatic heterocycles. The fourth-order valence-electron chi connectivity index (χ4n) is 1.52. The Labute approximate surface area is 110 Å². The van der Waals surface area contributed by atoms with Gasteiger partial charge in [0.1, 0.15) is 12.7 Å². The number of hydrogen-bond acceptors (Lipinski definition) is 3. The van der Waals surface area contributed by atoms with Crippen molar-refractivity contribution >= 4 is 6.09 Å². The Hall–Kier alpha value is -1.69. The van der Waals surface area contributed by atoms with Gasteiger partial charge in [-0.3, -0.25) is 0 Å². The molecule has 6 heteroatoms. The van der Waals surface area contributed by atoms with E-state index in [1.54, 1.807) is 31.2 Å². The lowest BCUT2D eigenvalue weighted by Gasteiger charge is -2.21. The van der Waals surface area contributed by atoms with Crippen molar-refractivity contribution in [1.29, 1.82) is 0 Å². The zero-order valence-corrected chi connectivity index (χ0v) is 10.6. The van der Waals surface area contributed by atoms with Gasteiger partial charge in [0.2, 0.25) is 0 Å². The van der Waals surface area contributed by atoms with Crippen LogP contribution in [0.2, 0.25) is 0 Å². The van der Waals surface area contributed by atoms with Gasteiger partial charge in [-0.1, -0.05) is 37.3 Å². The van der Waals surface area contributed by atoms with E-state index in [0.29, 0.717) is 0 Å². The summed E-state index contributed by atoms with van der Waals surface area (Å²) in [6.45, 7) is 1.64. The standard InChI is InChI=1S/C13H17F2NO3/c1-2-10(11(17)12(14)15)16-13(18)19-8-9-6-4-3-5-7-9/h3-7,10-12,17H,2,8H2,1H3,(H,16,18). The molecular weight excluding hydrogens is 256 g/mol. The van der Waals surface area contributed by atoms with Crippen LogP contribution in [0, 0.1) is 0 Å². The van der Waals surface area contributed by atoms with Gasteiger partial charge in [-0.05, 0) is 12.0 Å². The van der Waals surface area contributed by atoms with Crippen LogP contribution in [0.5, 0.6) is 0 Å². The lowest BCUT2D eigenvalue weighted by atomic mass is 10.1. The van der Waals surface area contributed by atoms with Crippen LogP contribution in [0.15, 0.2) is 30.3 Å². The molecule has 0 heterocycles. The molecule has 0 saturated carbocycles. The minimum Gasteiger partial charge on any atom is -0.445 e. The normalized spacial score (nSPS) is 13.9. The van der Waals surface area contributed by atoms with E-state index in [0.717, 1.165) is 5.56 Å². The van der Waals surface area contributed by atoms with Gasteiger partial charge < -0.3 is 15.2 Å². The molecule has 0 radical (unpaired) electrons. The minimum atomic E-state index is -2.90.